The second kappa shape index (κ2) is 7.25. The van der Waals surface area contributed by atoms with Crippen molar-refractivity contribution < 1.29 is 14.6 Å². The molecule has 0 aromatic rings. The van der Waals surface area contributed by atoms with Crippen molar-refractivity contribution in [1.29, 1.82) is 0 Å². The minimum Gasteiger partial charge on any atom is -0.481 e. The van der Waals surface area contributed by atoms with Crippen molar-refractivity contribution in [2.24, 2.45) is 5.92 Å². The Balaban J connectivity index is 1.77. The number of methoxy groups -OCH3 is 1. The van der Waals surface area contributed by atoms with Crippen LogP contribution in [-0.2, 0) is 9.53 Å². The molecule has 2 atom stereocenters. The molecule has 2 fully saturated rings. The summed E-state index contributed by atoms with van der Waals surface area (Å²) in [6.45, 7) is 2.24. The van der Waals surface area contributed by atoms with Gasteiger partial charge in [-0.3, -0.25) is 9.69 Å². The molecule has 1 aliphatic heterocycles. The van der Waals surface area contributed by atoms with Gasteiger partial charge in [-0.2, -0.15) is 0 Å². The van der Waals surface area contributed by atoms with Crippen molar-refractivity contribution in [3.05, 3.63) is 0 Å². The molecule has 0 spiro atoms. The molecule has 0 radical (unpaired) electrons. The molecular weight excluding hydrogens is 242 g/mol. The summed E-state index contributed by atoms with van der Waals surface area (Å²) >= 11 is 0. The summed E-state index contributed by atoms with van der Waals surface area (Å²) in [7, 11) is 1.84. The maximum Gasteiger partial charge on any atom is 0.303 e. The SMILES string of the molecule is COC1CCCCC1N1CCC(CCC(=O)O)CC1. The molecule has 0 amide bonds. The molecule has 1 saturated heterocycles. The molecule has 0 aromatic heterocycles. The highest BCUT2D eigenvalue weighted by Crippen LogP contribution is 2.30. The van der Waals surface area contributed by atoms with Crippen molar-refractivity contribution in [1.82, 2.24) is 4.90 Å². The lowest BCUT2D eigenvalue weighted by Gasteiger charge is -2.42. The average molecular weight is 269 g/mol. The van der Waals surface area contributed by atoms with Gasteiger partial charge in [0, 0.05) is 19.6 Å². The lowest BCUT2D eigenvalue weighted by molar-refractivity contribution is -0.137. The number of rotatable bonds is 5. The van der Waals surface area contributed by atoms with Gasteiger partial charge in [-0.25, -0.2) is 0 Å². The highest BCUT2D eigenvalue weighted by molar-refractivity contribution is 5.66. The molecule has 19 heavy (non-hydrogen) atoms. The first kappa shape index (κ1) is 14.8. The maximum atomic E-state index is 10.6. The van der Waals surface area contributed by atoms with E-state index in [-0.39, 0.29) is 0 Å². The number of carboxylic acids is 1. The van der Waals surface area contributed by atoms with Crippen LogP contribution in [0.15, 0.2) is 0 Å². The zero-order valence-electron chi connectivity index (χ0n) is 12.0. The molecule has 4 heteroatoms. The third-order valence-electron chi connectivity index (χ3n) is 4.86. The molecule has 1 saturated carbocycles. The fourth-order valence-electron chi connectivity index (χ4n) is 3.67. The van der Waals surface area contributed by atoms with Crippen molar-refractivity contribution in [3.8, 4) is 0 Å². The van der Waals surface area contributed by atoms with Gasteiger partial charge in [-0.1, -0.05) is 12.8 Å². The van der Waals surface area contributed by atoms with Crippen molar-refractivity contribution in [2.75, 3.05) is 20.2 Å². The molecule has 2 rings (SSSR count). The Morgan fingerprint density at radius 1 is 1.21 bits per heavy atom. The Labute approximate surface area is 116 Å². The van der Waals surface area contributed by atoms with Crippen LogP contribution in [0.25, 0.3) is 0 Å². The lowest BCUT2D eigenvalue weighted by Crippen LogP contribution is -2.49. The van der Waals surface area contributed by atoms with E-state index >= 15 is 0 Å². The minimum absolute atomic E-state index is 0.328. The molecule has 2 unspecified atom stereocenters. The Morgan fingerprint density at radius 3 is 2.53 bits per heavy atom. The normalized spacial score (nSPS) is 30.4. The van der Waals surface area contributed by atoms with Crippen LogP contribution in [0.3, 0.4) is 0 Å². The second-order valence-electron chi connectivity index (χ2n) is 6.04. The van der Waals surface area contributed by atoms with Crippen LogP contribution >= 0.6 is 0 Å². The average Bonchev–Trinajstić information content (AvgIpc) is 2.45. The van der Waals surface area contributed by atoms with Crippen LogP contribution in [0.1, 0.15) is 51.4 Å². The number of aliphatic carboxylic acids is 1. The van der Waals surface area contributed by atoms with Gasteiger partial charge in [0.25, 0.3) is 0 Å². The van der Waals surface area contributed by atoms with Gasteiger partial charge in [0.2, 0.25) is 0 Å². The van der Waals surface area contributed by atoms with Gasteiger partial charge in [0.05, 0.1) is 6.10 Å². The van der Waals surface area contributed by atoms with Gasteiger partial charge in [-0.15, -0.1) is 0 Å². The fraction of sp³-hybridized carbons (Fsp3) is 0.933. The summed E-state index contributed by atoms with van der Waals surface area (Å²) < 4.78 is 5.64. The second-order valence-corrected chi connectivity index (χ2v) is 6.04. The topological polar surface area (TPSA) is 49.8 Å². The molecule has 0 bridgehead atoms. The maximum absolute atomic E-state index is 10.6. The number of hydrogen-bond acceptors (Lipinski definition) is 3. The van der Waals surface area contributed by atoms with Gasteiger partial charge in [-0.05, 0) is 51.1 Å². The predicted molar refractivity (Wildman–Crippen MR) is 74.2 cm³/mol. The number of carboxylic acid groups (broad SMARTS) is 1. The zero-order valence-corrected chi connectivity index (χ0v) is 12.0. The number of likely N-dealkylation sites (tertiary alicyclic amines) is 1. The summed E-state index contributed by atoms with van der Waals surface area (Å²) in [5.41, 5.74) is 0. The number of piperidine rings is 1. The Hall–Kier alpha value is -0.610. The molecule has 2 aliphatic rings. The molecular formula is C15H27NO3. The quantitative estimate of drug-likeness (QED) is 0.833. The summed E-state index contributed by atoms with van der Waals surface area (Å²) in [6.07, 6.45) is 8.97. The molecule has 1 aliphatic carbocycles. The monoisotopic (exact) mass is 269 g/mol. The smallest absolute Gasteiger partial charge is 0.303 e. The van der Waals surface area contributed by atoms with E-state index in [0.717, 1.165) is 32.4 Å². The largest absolute Gasteiger partial charge is 0.481 e. The highest BCUT2D eigenvalue weighted by Gasteiger charge is 2.32. The van der Waals surface area contributed by atoms with E-state index in [1.807, 2.05) is 7.11 Å². The van der Waals surface area contributed by atoms with Crippen molar-refractivity contribution in [3.63, 3.8) is 0 Å². The first-order valence-electron chi connectivity index (χ1n) is 7.69. The first-order chi connectivity index (χ1) is 9.20. The van der Waals surface area contributed by atoms with E-state index in [0.29, 0.717) is 24.5 Å². The number of carbonyl (C=O) groups is 1. The van der Waals surface area contributed by atoms with Gasteiger partial charge < -0.3 is 9.84 Å². The molecule has 0 aromatic carbocycles. The zero-order chi connectivity index (χ0) is 13.7. The third-order valence-corrected chi connectivity index (χ3v) is 4.86. The Kier molecular flexibility index (Phi) is 5.64. The van der Waals surface area contributed by atoms with Crippen LogP contribution in [0.5, 0.6) is 0 Å². The molecule has 1 N–H and O–H groups in total. The third kappa shape index (κ3) is 4.18. The van der Waals surface area contributed by atoms with Crippen LogP contribution in [0.4, 0.5) is 0 Å². The Morgan fingerprint density at radius 2 is 1.89 bits per heavy atom. The number of hydrogen-bond donors (Lipinski definition) is 1. The Bertz CT molecular complexity index is 287. The van der Waals surface area contributed by atoms with E-state index in [1.165, 1.54) is 25.7 Å². The lowest BCUT2D eigenvalue weighted by atomic mass is 9.87. The number of ether oxygens (including phenoxy) is 1. The van der Waals surface area contributed by atoms with Gasteiger partial charge >= 0.3 is 5.97 Å². The highest BCUT2D eigenvalue weighted by atomic mass is 16.5. The first-order valence-corrected chi connectivity index (χ1v) is 7.69. The van der Waals surface area contributed by atoms with E-state index in [1.54, 1.807) is 0 Å². The summed E-state index contributed by atoms with van der Waals surface area (Å²) in [4.78, 5) is 13.2. The van der Waals surface area contributed by atoms with Crippen LogP contribution in [-0.4, -0.2) is 48.3 Å². The number of nitrogens with zero attached hydrogens (tertiary/aromatic N) is 1. The fourth-order valence-corrected chi connectivity index (χ4v) is 3.67. The summed E-state index contributed by atoms with van der Waals surface area (Å²) in [6, 6.07) is 0.596. The summed E-state index contributed by atoms with van der Waals surface area (Å²) in [5.74, 6) is -0.0499. The van der Waals surface area contributed by atoms with Crippen LogP contribution < -0.4 is 0 Å². The van der Waals surface area contributed by atoms with Crippen LogP contribution in [0, 0.1) is 5.92 Å². The van der Waals surface area contributed by atoms with E-state index < -0.39 is 5.97 Å². The molecule has 4 nitrogen and oxygen atoms in total. The van der Waals surface area contributed by atoms with Crippen molar-refractivity contribution in [2.45, 2.75) is 63.5 Å². The molecule has 110 valence electrons. The standard InChI is InChI=1S/C15H27NO3/c1-19-14-5-3-2-4-13(14)16-10-8-12(9-11-16)6-7-15(17)18/h12-14H,2-11H2,1H3,(H,17,18). The van der Waals surface area contributed by atoms with Crippen molar-refractivity contribution >= 4 is 5.97 Å². The van der Waals surface area contributed by atoms with Crippen LogP contribution in [0.2, 0.25) is 0 Å². The van der Waals surface area contributed by atoms with E-state index in [4.69, 9.17) is 9.84 Å². The minimum atomic E-state index is -0.658. The van der Waals surface area contributed by atoms with Gasteiger partial charge in [0.1, 0.15) is 0 Å². The summed E-state index contributed by atoms with van der Waals surface area (Å²) in [5, 5.41) is 8.74. The van der Waals surface area contributed by atoms with E-state index in [2.05, 4.69) is 4.90 Å². The van der Waals surface area contributed by atoms with Gasteiger partial charge in [0.15, 0.2) is 0 Å². The van der Waals surface area contributed by atoms with E-state index in [9.17, 15) is 4.79 Å². The predicted octanol–water partition coefficient (Wildman–Crippen LogP) is 2.52. The molecule has 1 heterocycles.